The first kappa shape index (κ1) is 11.1. The smallest absolute Gasteiger partial charge is 0.324 e. The van der Waals surface area contributed by atoms with E-state index in [0.29, 0.717) is 0 Å². The Bertz CT molecular complexity index is 354. The van der Waals surface area contributed by atoms with Crippen LogP contribution >= 0.6 is 7.60 Å². The fraction of sp³-hybridized carbons (Fsp3) is 0.222. The van der Waals surface area contributed by atoms with E-state index in [1.807, 2.05) is 6.07 Å². The molecule has 0 atom stereocenters. The Hall–Kier alpha value is -0.960. The van der Waals surface area contributed by atoms with Gasteiger partial charge in [-0.2, -0.15) is 0 Å². The van der Waals surface area contributed by atoms with E-state index in [0.717, 1.165) is 5.56 Å². The lowest BCUT2D eigenvalue weighted by molar-refractivity contribution is -0.116. The molecule has 1 rings (SSSR count). The van der Waals surface area contributed by atoms with Crippen LogP contribution in [0.4, 0.5) is 0 Å². The van der Waals surface area contributed by atoms with Gasteiger partial charge >= 0.3 is 7.60 Å². The van der Waals surface area contributed by atoms with Crippen LogP contribution in [0.1, 0.15) is 5.56 Å². The molecule has 0 amide bonds. The molecule has 0 bridgehead atoms. The van der Waals surface area contributed by atoms with Crippen molar-refractivity contribution < 1.29 is 19.1 Å². The van der Waals surface area contributed by atoms with E-state index in [9.17, 15) is 9.36 Å². The Morgan fingerprint density at radius 3 is 2.29 bits per heavy atom. The first-order chi connectivity index (χ1) is 6.47. The summed E-state index contributed by atoms with van der Waals surface area (Å²) >= 11 is 0. The molecule has 0 aliphatic carbocycles. The van der Waals surface area contributed by atoms with Crippen molar-refractivity contribution in [2.75, 3.05) is 6.16 Å². The number of hydrogen-bond donors (Lipinski definition) is 2. The highest BCUT2D eigenvalue weighted by molar-refractivity contribution is 7.52. The van der Waals surface area contributed by atoms with E-state index in [1.54, 1.807) is 24.3 Å². The van der Waals surface area contributed by atoms with E-state index < -0.39 is 19.5 Å². The molecule has 5 heteroatoms. The highest BCUT2D eigenvalue weighted by atomic mass is 31.2. The minimum atomic E-state index is -4.21. The zero-order valence-corrected chi connectivity index (χ0v) is 8.35. The number of benzene rings is 1. The van der Waals surface area contributed by atoms with Crippen LogP contribution in [0.2, 0.25) is 0 Å². The molecule has 0 heterocycles. The van der Waals surface area contributed by atoms with Gasteiger partial charge < -0.3 is 9.79 Å². The second kappa shape index (κ2) is 4.51. The summed E-state index contributed by atoms with van der Waals surface area (Å²) < 4.78 is 10.5. The maximum absolute atomic E-state index is 11.1. The zero-order valence-electron chi connectivity index (χ0n) is 7.46. The molecule has 0 radical (unpaired) electrons. The predicted molar refractivity (Wildman–Crippen MR) is 52.1 cm³/mol. The fourth-order valence-electron chi connectivity index (χ4n) is 1.11. The van der Waals surface area contributed by atoms with E-state index in [1.165, 1.54) is 0 Å². The quantitative estimate of drug-likeness (QED) is 0.732. The third-order valence-corrected chi connectivity index (χ3v) is 2.39. The molecule has 0 fully saturated rings. The first-order valence-corrected chi connectivity index (χ1v) is 5.87. The lowest BCUT2D eigenvalue weighted by Gasteiger charge is -2.02. The summed E-state index contributed by atoms with van der Waals surface area (Å²) in [5, 5.41) is 0. The van der Waals surface area contributed by atoms with Crippen LogP contribution in [0.5, 0.6) is 0 Å². The van der Waals surface area contributed by atoms with Gasteiger partial charge in [-0.1, -0.05) is 30.3 Å². The molecule has 0 spiro atoms. The standard InChI is InChI=1S/C9H11O4P/c10-9(7-14(11,12)13)6-8-4-2-1-3-5-8/h1-5H,6-7H2,(H2,11,12,13). The van der Waals surface area contributed by atoms with Crippen molar-refractivity contribution in [1.29, 1.82) is 0 Å². The van der Waals surface area contributed by atoms with E-state index >= 15 is 0 Å². The summed E-state index contributed by atoms with van der Waals surface area (Å²) in [6, 6.07) is 8.87. The summed E-state index contributed by atoms with van der Waals surface area (Å²) in [5.74, 6) is -0.440. The molecule has 0 saturated carbocycles. The topological polar surface area (TPSA) is 74.6 Å². The second-order valence-corrected chi connectivity index (χ2v) is 4.67. The molecule has 76 valence electrons. The molecular weight excluding hydrogens is 203 g/mol. The van der Waals surface area contributed by atoms with Gasteiger partial charge in [0, 0.05) is 6.42 Å². The van der Waals surface area contributed by atoms with E-state index in [-0.39, 0.29) is 6.42 Å². The monoisotopic (exact) mass is 214 g/mol. The van der Waals surface area contributed by atoms with Crippen LogP contribution < -0.4 is 0 Å². The number of ketones is 1. The summed E-state index contributed by atoms with van der Waals surface area (Å²) in [5.41, 5.74) is 0.769. The van der Waals surface area contributed by atoms with Crippen LogP contribution in [-0.4, -0.2) is 21.7 Å². The molecule has 1 aromatic carbocycles. The normalized spacial score (nSPS) is 11.3. The van der Waals surface area contributed by atoms with Crippen LogP contribution in [0.3, 0.4) is 0 Å². The molecule has 0 aliphatic heterocycles. The van der Waals surface area contributed by atoms with Crippen molar-refractivity contribution in [2.24, 2.45) is 0 Å². The molecule has 4 nitrogen and oxygen atoms in total. The van der Waals surface area contributed by atoms with Crippen molar-refractivity contribution in [3.8, 4) is 0 Å². The van der Waals surface area contributed by atoms with Crippen LogP contribution in [-0.2, 0) is 15.8 Å². The molecule has 14 heavy (non-hydrogen) atoms. The van der Waals surface area contributed by atoms with Crippen LogP contribution in [0.25, 0.3) is 0 Å². The van der Waals surface area contributed by atoms with Crippen molar-refractivity contribution in [2.45, 2.75) is 6.42 Å². The van der Waals surface area contributed by atoms with Gasteiger partial charge in [-0.3, -0.25) is 9.36 Å². The molecule has 1 aromatic rings. The zero-order chi connectivity index (χ0) is 10.6. The summed E-state index contributed by atoms with van der Waals surface area (Å²) in [7, 11) is -4.21. The average Bonchev–Trinajstić information content (AvgIpc) is 2.02. The van der Waals surface area contributed by atoms with Crippen molar-refractivity contribution >= 4 is 13.4 Å². The summed E-state index contributed by atoms with van der Waals surface area (Å²) in [6.07, 6.45) is -0.603. The van der Waals surface area contributed by atoms with Crippen molar-refractivity contribution in [3.63, 3.8) is 0 Å². The van der Waals surface area contributed by atoms with Gasteiger partial charge in [0.1, 0.15) is 11.9 Å². The minimum Gasteiger partial charge on any atom is -0.324 e. The van der Waals surface area contributed by atoms with Crippen molar-refractivity contribution in [1.82, 2.24) is 0 Å². The maximum atomic E-state index is 11.1. The molecule has 0 unspecified atom stereocenters. The molecular formula is C9H11O4P. The number of carbonyl (C=O) groups is 1. The largest absolute Gasteiger partial charge is 0.332 e. The van der Waals surface area contributed by atoms with Crippen LogP contribution in [0, 0.1) is 0 Å². The highest BCUT2D eigenvalue weighted by Gasteiger charge is 2.18. The lowest BCUT2D eigenvalue weighted by Crippen LogP contribution is -2.08. The van der Waals surface area contributed by atoms with Gasteiger partial charge in [0.25, 0.3) is 0 Å². The number of rotatable bonds is 4. The molecule has 2 N–H and O–H groups in total. The summed E-state index contributed by atoms with van der Waals surface area (Å²) in [6.45, 7) is 0. The lowest BCUT2D eigenvalue weighted by atomic mass is 10.1. The second-order valence-electron chi connectivity index (χ2n) is 3.02. The minimum absolute atomic E-state index is 0.0753. The van der Waals surface area contributed by atoms with Gasteiger partial charge in [-0.15, -0.1) is 0 Å². The van der Waals surface area contributed by atoms with Gasteiger partial charge in [0.15, 0.2) is 0 Å². The van der Waals surface area contributed by atoms with Gasteiger partial charge in [-0.25, -0.2) is 0 Å². The Balaban J connectivity index is 2.55. The SMILES string of the molecule is O=C(Cc1ccccc1)CP(=O)(O)O. The third-order valence-electron chi connectivity index (χ3n) is 1.63. The van der Waals surface area contributed by atoms with Gasteiger partial charge in [-0.05, 0) is 5.56 Å². The molecule has 0 aromatic heterocycles. The molecule has 0 aliphatic rings. The van der Waals surface area contributed by atoms with E-state index in [2.05, 4.69) is 0 Å². The number of hydrogen-bond acceptors (Lipinski definition) is 2. The van der Waals surface area contributed by atoms with Gasteiger partial charge in [0.2, 0.25) is 0 Å². The highest BCUT2D eigenvalue weighted by Crippen LogP contribution is 2.34. The number of Topliss-reactive ketones (excluding diaryl/α,β-unsaturated/α-hetero) is 1. The Kier molecular flexibility index (Phi) is 3.58. The predicted octanol–water partition coefficient (Wildman–Crippen LogP) is 0.976. The van der Waals surface area contributed by atoms with Gasteiger partial charge in [0.05, 0.1) is 0 Å². The Morgan fingerprint density at radius 1 is 1.21 bits per heavy atom. The fourth-order valence-corrected chi connectivity index (χ4v) is 1.68. The Labute approximate surface area is 81.7 Å². The average molecular weight is 214 g/mol. The number of carbonyl (C=O) groups excluding carboxylic acids is 1. The Morgan fingerprint density at radius 2 is 1.79 bits per heavy atom. The summed E-state index contributed by atoms with van der Waals surface area (Å²) in [4.78, 5) is 28.2. The third kappa shape index (κ3) is 4.33. The maximum Gasteiger partial charge on any atom is 0.332 e. The van der Waals surface area contributed by atoms with Crippen LogP contribution in [0.15, 0.2) is 30.3 Å². The van der Waals surface area contributed by atoms with Crippen molar-refractivity contribution in [3.05, 3.63) is 35.9 Å². The van der Waals surface area contributed by atoms with E-state index in [4.69, 9.17) is 9.79 Å². The molecule has 0 saturated heterocycles. The first-order valence-electron chi connectivity index (χ1n) is 4.07.